The summed E-state index contributed by atoms with van der Waals surface area (Å²) in [5.41, 5.74) is 1.73. The zero-order valence-corrected chi connectivity index (χ0v) is 11.1. The van der Waals surface area contributed by atoms with Crippen LogP contribution in [0.25, 0.3) is 5.52 Å². The lowest BCUT2D eigenvalue weighted by Gasteiger charge is -2.10. The second kappa shape index (κ2) is 5.19. The number of aromatic nitrogens is 3. The Hall–Kier alpha value is -1.98. The van der Waals surface area contributed by atoms with E-state index in [1.807, 2.05) is 0 Å². The van der Waals surface area contributed by atoms with E-state index in [4.69, 9.17) is 11.6 Å². The monoisotopic (exact) mass is 291 g/mol. The predicted octanol–water partition coefficient (Wildman–Crippen LogP) is 2.80. The van der Waals surface area contributed by atoms with Gasteiger partial charge in [0.1, 0.15) is 5.82 Å². The first-order chi connectivity index (χ1) is 9.65. The number of benzene rings is 1. The third kappa shape index (κ3) is 2.37. The van der Waals surface area contributed by atoms with Crippen molar-refractivity contribution >= 4 is 17.1 Å². The van der Waals surface area contributed by atoms with E-state index < -0.39 is 11.9 Å². The fourth-order valence-electron chi connectivity index (χ4n) is 2.11. The van der Waals surface area contributed by atoms with Crippen LogP contribution in [0.4, 0.5) is 4.39 Å². The van der Waals surface area contributed by atoms with Crippen LogP contribution in [0.3, 0.4) is 0 Å². The van der Waals surface area contributed by atoms with Crippen LogP contribution in [0.5, 0.6) is 0 Å². The molecule has 0 bridgehead atoms. The fourth-order valence-corrected chi connectivity index (χ4v) is 2.27. The Morgan fingerprint density at radius 1 is 1.35 bits per heavy atom. The summed E-state index contributed by atoms with van der Waals surface area (Å²) in [6, 6.07) is 4.41. The second-order valence-corrected chi connectivity index (χ2v) is 4.90. The Morgan fingerprint density at radius 2 is 2.20 bits per heavy atom. The summed E-state index contributed by atoms with van der Waals surface area (Å²) in [5.74, 6) is -0.425. The standard InChI is InChI=1S/C14H11ClFN3O/c15-10-2-1-9(12(16)6-10)5-14(20)11-7-18-19-4-3-17-8-13(11)19/h1-4,6-8,14,20H,5H2. The number of fused-ring (bicyclic) bond motifs is 1. The van der Waals surface area contributed by atoms with Crippen LogP contribution in [0.2, 0.25) is 5.02 Å². The molecule has 6 heteroatoms. The number of hydrogen-bond donors (Lipinski definition) is 1. The Kier molecular flexibility index (Phi) is 3.38. The van der Waals surface area contributed by atoms with Gasteiger partial charge < -0.3 is 5.11 Å². The number of aliphatic hydroxyl groups excluding tert-OH is 1. The van der Waals surface area contributed by atoms with E-state index in [-0.39, 0.29) is 6.42 Å². The topological polar surface area (TPSA) is 50.4 Å². The van der Waals surface area contributed by atoms with Gasteiger partial charge >= 0.3 is 0 Å². The highest BCUT2D eigenvalue weighted by Crippen LogP contribution is 2.24. The zero-order valence-electron chi connectivity index (χ0n) is 10.4. The average molecular weight is 292 g/mol. The van der Waals surface area contributed by atoms with Crippen molar-refractivity contribution in [3.05, 3.63) is 65.0 Å². The van der Waals surface area contributed by atoms with Crippen LogP contribution in [0.15, 0.2) is 43.0 Å². The van der Waals surface area contributed by atoms with E-state index in [1.54, 1.807) is 41.4 Å². The minimum atomic E-state index is -0.854. The molecule has 4 nitrogen and oxygen atoms in total. The largest absolute Gasteiger partial charge is 0.388 e. The van der Waals surface area contributed by atoms with Crippen LogP contribution >= 0.6 is 11.6 Å². The normalized spacial score (nSPS) is 12.8. The SMILES string of the molecule is OC(Cc1ccc(Cl)cc1F)c1cnn2ccncc12. The first-order valence-electron chi connectivity index (χ1n) is 6.04. The van der Waals surface area contributed by atoms with Crippen molar-refractivity contribution in [1.29, 1.82) is 0 Å². The molecule has 0 aliphatic heterocycles. The molecule has 0 aliphatic carbocycles. The van der Waals surface area contributed by atoms with Crippen molar-refractivity contribution < 1.29 is 9.50 Å². The number of aliphatic hydroxyl groups is 1. The molecule has 0 spiro atoms. The molecular formula is C14H11ClFN3O. The van der Waals surface area contributed by atoms with Gasteiger partial charge in [-0.1, -0.05) is 17.7 Å². The van der Waals surface area contributed by atoms with Gasteiger partial charge in [0, 0.05) is 29.4 Å². The molecule has 3 aromatic rings. The summed E-state index contributed by atoms with van der Waals surface area (Å²) in [7, 11) is 0. The summed E-state index contributed by atoms with van der Waals surface area (Å²) < 4.78 is 15.4. The molecule has 0 saturated carbocycles. The molecule has 20 heavy (non-hydrogen) atoms. The van der Waals surface area contributed by atoms with Gasteiger partial charge in [0.05, 0.1) is 24.0 Å². The third-order valence-corrected chi connectivity index (χ3v) is 3.38. The van der Waals surface area contributed by atoms with Gasteiger partial charge in [-0.3, -0.25) is 4.98 Å². The first-order valence-corrected chi connectivity index (χ1v) is 6.42. The quantitative estimate of drug-likeness (QED) is 0.807. The Morgan fingerprint density at radius 3 is 3.00 bits per heavy atom. The van der Waals surface area contributed by atoms with Crippen LogP contribution in [0, 0.1) is 5.82 Å². The van der Waals surface area contributed by atoms with E-state index in [1.165, 1.54) is 6.07 Å². The maximum atomic E-state index is 13.7. The lowest BCUT2D eigenvalue weighted by molar-refractivity contribution is 0.178. The van der Waals surface area contributed by atoms with Crippen LogP contribution in [-0.2, 0) is 6.42 Å². The molecule has 0 saturated heterocycles. The summed E-state index contributed by atoms with van der Waals surface area (Å²) in [6.45, 7) is 0. The number of rotatable bonds is 3. The van der Waals surface area contributed by atoms with Gasteiger partial charge in [-0.05, 0) is 17.7 Å². The molecule has 102 valence electrons. The molecule has 2 aromatic heterocycles. The highest BCUT2D eigenvalue weighted by Gasteiger charge is 2.16. The van der Waals surface area contributed by atoms with E-state index in [0.29, 0.717) is 21.7 Å². The molecule has 0 radical (unpaired) electrons. The summed E-state index contributed by atoms with van der Waals surface area (Å²) in [6.07, 6.45) is 5.77. The maximum Gasteiger partial charge on any atom is 0.127 e. The zero-order chi connectivity index (χ0) is 14.1. The highest BCUT2D eigenvalue weighted by atomic mass is 35.5. The number of halogens is 2. The second-order valence-electron chi connectivity index (χ2n) is 4.46. The van der Waals surface area contributed by atoms with Gasteiger partial charge in [-0.15, -0.1) is 0 Å². The summed E-state index contributed by atoms with van der Waals surface area (Å²) in [4.78, 5) is 4.00. The maximum absolute atomic E-state index is 13.7. The van der Waals surface area contributed by atoms with E-state index in [2.05, 4.69) is 10.1 Å². The van der Waals surface area contributed by atoms with Gasteiger partial charge in [-0.25, -0.2) is 8.91 Å². The molecule has 0 fully saturated rings. The van der Waals surface area contributed by atoms with Crippen molar-refractivity contribution in [1.82, 2.24) is 14.6 Å². The van der Waals surface area contributed by atoms with Crippen molar-refractivity contribution in [3.63, 3.8) is 0 Å². The van der Waals surface area contributed by atoms with Crippen molar-refractivity contribution in [3.8, 4) is 0 Å². The van der Waals surface area contributed by atoms with Crippen LogP contribution < -0.4 is 0 Å². The van der Waals surface area contributed by atoms with Gasteiger partial charge in [0.15, 0.2) is 0 Å². The fraction of sp³-hybridized carbons (Fsp3) is 0.143. The molecule has 1 aromatic carbocycles. The van der Waals surface area contributed by atoms with E-state index >= 15 is 0 Å². The molecule has 0 aliphatic rings. The minimum absolute atomic E-state index is 0.152. The van der Waals surface area contributed by atoms with Crippen molar-refractivity contribution in [2.75, 3.05) is 0 Å². The molecule has 1 atom stereocenters. The average Bonchev–Trinajstić information content (AvgIpc) is 2.86. The van der Waals surface area contributed by atoms with Gasteiger partial charge in [-0.2, -0.15) is 5.10 Å². The Labute approximate surface area is 119 Å². The van der Waals surface area contributed by atoms with Crippen LogP contribution in [-0.4, -0.2) is 19.7 Å². The first kappa shape index (κ1) is 13.0. The predicted molar refractivity (Wildman–Crippen MR) is 73.1 cm³/mol. The minimum Gasteiger partial charge on any atom is -0.388 e. The van der Waals surface area contributed by atoms with E-state index in [0.717, 1.165) is 0 Å². The number of hydrogen-bond acceptors (Lipinski definition) is 3. The van der Waals surface area contributed by atoms with Crippen molar-refractivity contribution in [2.45, 2.75) is 12.5 Å². The smallest absolute Gasteiger partial charge is 0.127 e. The summed E-state index contributed by atoms with van der Waals surface area (Å²) in [5, 5.41) is 14.7. The van der Waals surface area contributed by atoms with Gasteiger partial charge in [0.25, 0.3) is 0 Å². The third-order valence-electron chi connectivity index (χ3n) is 3.14. The van der Waals surface area contributed by atoms with Crippen LogP contribution in [0.1, 0.15) is 17.2 Å². The molecule has 1 unspecified atom stereocenters. The summed E-state index contributed by atoms with van der Waals surface area (Å²) >= 11 is 5.71. The molecule has 3 rings (SSSR count). The molecular weight excluding hydrogens is 281 g/mol. The molecule has 2 heterocycles. The molecule has 1 N–H and O–H groups in total. The molecule has 0 amide bonds. The Bertz CT molecular complexity index is 759. The lowest BCUT2D eigenvalue weighted by Crippen LogP contribution is -2.03. The Balaban J connectivity index is 1.91. The van der Waals surface area contributed by atoms with E-state index in [9.17, 15) is 9.50 Å². The van der Waals surface area contributed by atoms with Crippen molar-refractivity contribution in [2.24, 2.45) is 0 Å². The number of nitrogens with zero attached hydrogens (tertiary/aromatic N) is 3. The van der Waals surface area contributed by atoms with Gasteiger partial charge in [0.2, 0.25) is 0 Å². The highest BCUT2D eigenvalue weighted by molar-refractivity contribution is 6.30. The lowest BCUT2D eigenvalue weighted by atomic mass is 10.0.